The van der Waals surface area contributed by atoms with Gasteiger partial charge in [-0.1, -0.05) is 72.5 Å². The van der Waals surface area contributed by atoms with Crippen LogP contribution in [-0.2, 0) is 16.1 Å². The number of thiocarbonyl (C=S) groups is 1. The molecule has 1 fully saturated rings. The molecular weight excluding hydrogens is 631 g/mol. The van der Waals surface area contributed by atoms with E-state index in [1.54, 1.807) is 6.08 Å². The number of carboxylic acid groups (broad SMARTS) is 1. The largest absolute Gasteiger partial charge is 0.480 e. The van der Waals surface area contributed by atoms with Gasteiger partial charge in [0.2, 0.25) is 0 Å². The molecule has 3 heterocycles. The summed E-state index contributed by atoms with van der Waals surface area (Å²) in [4.78, 5) is 43.7. The summed E-state index contributed by atoms with van der Waals surface area (Å²) >= 11 is 9.07. The highest BCUT2D eigenvalue weighted by molar-refractivity contribution is 8.30. The van der Waals surface area contributed by atoms with Crippen LogP contribution in [-0.4, -0.2) is 37.3 Å². The molecule has 0 radical (unpaired) electrons. The summed E-state index contributed by atoms with van der Waals surface area (Å²) in [5, 5.41) is 9.48. The smallest absolute Gasteiger partial charge is 0.323 e. The molecule has 0 unspecified atom stereocenters. The maximum atomic E-state index is 13.3. The zero-order valence-corrected chi connectivity index (χ0v) is 26.6. The Bertz CT molecular complexity index is 2010. The van der Waals surface area contributed by atoms with E-state index in [1.807, 2.05) is 55.5 Å². The van der Waals surface area contributed by atoms with Crippen molar-refractivity contribution < 1.29 is 14.7 Å². The number of hydrogen-bond acceptors (Lipinski definition) is 8. The molecule has 11 heteroatoms. The van der Waals surface area contributed by atoms with Crippen molar-refractivity contribution in [1.82, 2.24) is 9.47 Å². The monoisotopic (exact) mass is 655 g/mol. The molecule has 1 saturated heterocycles. The molecule has 1 amide bonds. The molecule has 1 N–H and O–H groups in total. The van der Waals surface area contributed by atoms with Gasteiger partial charge < -0.3 is 10.0 Å². The summed E-state index contributed by atoms with van der Waals surface area (Å²) in [6.45, 7) is 1.67. The van der Waals surface area contributed by atoms with Crippen molar-refractivity contribution in [2.24, 2.45) is 0 Å². The van der Waals surface area contributed by atoms with Gasteiger partial charge in [-0.2, -0.15) is 0 Å². The number of benzene rings is 3. The zero-order chi connectivity index (χ0) is 30.8. The first-order valence-corrected chi connectivity index (χ1v) is 16.5. The van der Waals surface area contributed by atoms with E-state index in [2.05, 4.69) is 53.4 Å². The summed E-state index contributed by atoms with van der Waals surface area (Å²) in [6, 6.07) is 32.7. The number of amides is 1. The van der Waals surface area contributed by atoms with Gasteiger partial charge in [0, 0.05) is 33.4 Å². The molecule has 0 spiro atoms. The summed E-state index contributed by atoms with van der Waals surface area (Å²) in [5.41, 5.74) is 3.73. The first kappa shape index (κ1) is 29.8. The van der Waals surface area contributed by atoms with Crippen LogP contribution in [0, 0.1) is 0 Å². The van der Waals surface area contributed by atoms with Gasteiger partial charge in [0.05, 0.1) is 4.53 Å². The second kappa shape index (κ2) is 12.7. The molecule has 2 aromatic heterocycles. The summed E-state index contributed by atoms with van der Waals surface area (Å²) in [6.07, 6.45) is 1.75. The van der Waals surface area contributed by atoms with Gasteiger partial charge in [0.25, 0.3) is 11.5 Å². The van der Waals surface area contributed by atoms with Crippen LogP contribution in [0.1, 0.15) is 11.8 Å². The number of thiazole rings is 1. The van der Waals surface area contributed by atoms with E-state index < -0.39 is 18.1 Å². The fourth-order valence-electron chi connectivity index (χ4n) is 4.86. The SMILES string of the molecule is CCN1C(=O)/C(=c2/s/c(=C\c3ccc(-c4ccc(N(c5ccccc5)c5ccccc5)cc4)s3)c(=O)n2CC(=O)O)SC1=S. The van der Waals surface area contributed by atoms with Crippen LogP contribution < -0.4 is 19.7 Å². The van der Waals surface area contributed by atoms with Crippen molar-refractivity contribution in [1.29, 1.82) is 0 Å². The van der Waals surface area contributed by atoms with Crippen molar-refractivity contribution in [2.75, 3.05) is 11.4 Å². The minimum Gasteiger partial charge on any atom is -0.480 e. The third-order valence-electron chi connectivity index (χ3n) is 6.90. The van der Waals surface area contributed by atoms with E-state index in [-0.39, 0.29) is 10.8 Å². The number of aromatic nitrogens is 1. The van der Waals surface area contributed by atoms with Crippen LogP contribution in [0.15, 0.2) is 102 Å². The van der Waals surface area contributed by atoms with Gasteiger partial charge in [-0.05, 0) is 67.1 Å². The second-order valence-electron chi connectivity index (χ2n) is 9.70. The zero-order valence-electron chi connectivity index (χ0n) is 23.4. The topological polar surface area (TPSA) is 82.9 Å². The average Bonchev–Trinajstić information content (AvgIpc) is 3.70. The van der Waals surface area contributed by atoms with Gasteiger partial charge >= 0.3 is 5.97 Å². The molecular formula is C33H25N3O4S4. The van der Waals surface area contributed by atoms with Gasteiger partial charge in [-0.15, -0.1) is 22.7 Å². The molecule has 0 atom stereocenters. The lowest BCUT2D eigenvalue weighted by Crippen LogP contribution is -2.35. The van der Waals surface area contributed by atoms with Crippen LogP contribution in [0.2, 0.25) is 0 Å². The van der Waals surface area contributed by atoms with Crippen molar-refractivity contribution in [3.05, 3.63) is 121 Å². The van der Waals surface area contributed by atoms with E-state index in [1.165, 1.54) is 16.2 Å². The molecule has 44 heavy (non-hydrogen) atoms. The Morgan fingerprint density at radius 1 is 0.864 bits per heavy atom. The number of rotatable bonds is 8. The summed E-state index contributed by atoms with van der Waals surface area (Å²) < 4.78 is 2.21. The quantitative estimate of drug-likeness (QED) is 0.205. The molecule has 5 aromatic rings. The maximum Gasteiger partial charge on any atom is 0.323 e. The van der Waals surface area contributed by atoms with Crippen molar-refractivity contribution >= 4 is 90.9 Å². The number of thiophene rings is 1. The predicted molar refractivity (Wildman–Crippen MR) is 184 cm³/mol. The molecule has 7 nitrogen and oxygen atoms in total. The average molecular weight is 656 g/mol. The van der Waals surface area contributed by atoms with Gasteiger partial charge in [-0.3, -0.25) is 23.9 Å². The minimum atomic E-state index is -1.16. The molecule has 0 bridgehead atoms. The molecule has 220 valence electrons. The Morgan fingerprint density at radius 3 is 2.05 bits per heavy atom. The highest BCUT2D eigenvalue weighted by Crippen LogP contribution is 2.36. The van der Waals surface area contributed by atoms with Crippen LogP contribution >= 0.6 is 46.7 Å². The van der Waals surface area contributed by atoms with Crippen molar-refractivity contribution in [3.8, 4) is 10.4 Å². The standard InChI is InChI=1S/C33H25N3O4S4/c1-2-34-31(40)29(44-33(34)41)32-35(20-28(37)38)30(39)27(43-32)19-25-17-18-26(42-25)21-13-15-24(16-14-21)36(22-9-5-3-6-10-22)23-11-7-4-8-12-23/h3-19H,2,20H2,1H3,(H,37,38)/b27-19-,32-29-. The number of carbonyl (C=O) groups is 2. The van der Waals surface area contributed by atoms with Crippen molar-refractivity contribution in [3.63, 3.8) is 0 Å². The minimum absolute atomic E-state index is 0.284. The molecule has 0 saturated carbocycles. The lowest BCUT2D eigenvalue weighted by Gasteiger charge is -2.25. The van der Waals surface area contributed by atoms with Gasteiger partial charge in [-0.25, -0.2) is 0 Å². The number of nitrogens with zero attached hydrogens (tertiary/aromatic N) is 3. The third kappa shape index (κ3) is 5.91. The van der Waals surface area contributed by atoms with Gasteiger partial charge in [0.1, 0.15) is 20.4 Å². The molecule has 6 rings (SSSR count). The number of thioether (sulfide) groups is 1. The normalized spacial score (nSPS) is 14.8. The maximum absolute atomic E-state index is 13.3. The Hall–Kier alpha value is -4.29. The Kier molecular flexibility index (Phi) is 8.62. The Labute approximate surface area is 270 Å². The number of anilines is 3. The number of carboxylic acids is 1. The molecule has 0 aliphatic carbocycles. The van der Waals surface area contributed by atoms with E-state index in [0.717, 1.165) is 60.0 Å². The Balaban J connectivity index is 1.35. The first-order valence-electron chi connectivity index (χ1n) is 13.7. The van der Waals surface area contributed by atoms with E-state index in [9.17, 15) is 19.5 Å². The van der Waals surface area contributed by atoms with Crippen LogP contribution in [0.25, 0.3) is 21.4 Å². The first-order chi connectivity index (χ1) is 21.3. The van der Waals surface area contributed by atoms with Crippen molar-refractivity contribution in [2.45, 2.75) is 13.5 Å². The van der Waals surface area contributed by atoms with Gasteiger partial charge in [0.15, 0.2) is 0 Å². The summed E-state index contributed by atoms with van der Waals surface area (Å²) in [7, 11) is 0. The fraction of sp³-hybridized carbons (Fsp3) is 0.0909. The highest BCUT2D eigenvalue weighted by atomic mass is 32.2. The number of carbonyl (C=O) groups excluding carboxylic acids is 1. The van der Waals surface area contributed by atoms with Crippen LogP contribution in [0.5, 0.6) is 0 Å². The van der Waals surface area contributed by atoms with Crippen LogP contribution in [0.3, 0.4) is 0 Å². The van der Waals surface area contributed by atoms with Crippen LogP contribution in [0.4, 0.5) is 17.1 Å². The van der Waals surface area contributed by atoms with E-state index in [0.29, 0.717) is 20.1 Å². The Morgan fingerprint density at radius 2 is 1.48 bits per heavy atom. The predicted octanol–water partition coefficient (Wildman–Crippen LogP) is 6.01. The third-order valence-corrected chi connectivity index (χ3v) is 10.7. The number of aliphatic carboxylic acids is 1. The lowest BCUT2D eigenvalue weighted by atomic mass is 10.1. The van der Waals surface area contributed by atoms with E-state index >= 15 is 0 Å². The fourth-order valence-corrected chi connectivity index (χ4v) is 8.52. The van der Waals surface area contributed by atoms with E-state index in [4.69, 9.17) is 12.2 Å². The lowest BCUT2D eigenvalue weighted by molar-refractivity contribution is -0.137. The molecule has 1 aliphatic heterocycles. The highest BCUT2D eigenvalue weighted by Gasteiger charge is 2.33. The number of hydrogen-bond donors (Lipinski definition) is 1. The summed E-state index contributed by atoms with van der Waals surface area (Å²) in [5.74, 6) is -1.47. The molecule has 1 aliphatic rings. The number of para-hydroxylation sites is 2. The second-order valence-corrected chi connectivity index (χ2v) is 13.5. The molecule has 3 aromatic carbocycles.